The third kappa shape index (κ3) is 4.87. The summed E-state index contributed by atoms with van der Waals surface area (Å²) >= 11 is 3.18. The van der Waals surface area contributed by atoms with E-state index in [2.05, 4.69) is 11.4 Å². The Kier molecular flexibility index (Phi) is 6.70. The molecule has 1 aliphatic carbocycles. The number of benzene rings is 1. The zero-order chi connectivity index (χ0) is 18.4. The number of hydrogen-bond donors (Lipinski definition) is 1. The number of nitrogens with one attached hydrogen (secondary N) is 1. The van der Waals surface area contributed by atoms with Crippen molar-refractivity contribution < 1.29 is 9.18 Å². The number of rotatable bonds is 6. The van der Waals surface area contributed by atoms with E-state index in [9.17, 15) is 14.4 Å². The van der Waals surface area contributed by atoms with Gasteiger partial charge in [0, 0.05) is 16.2 Å². The van der Waals surface area contributed by atoms with Gasteiger partial charge in [-0.3, -0.25) is 4.79 Å². The minimum Gasteiger partial charge on any atom is -0.317 e. The quantitative estimate of drug-likeness (QED) is 0.402. The summed E-state index contributed by atoms with van der Waals surface area (Å²) < 4.78 is 12.9. The van der Waals surface area contributed by atoms with Crippen LogP contribution in [0.25, 0.3) is 0 Å². The summed E-state index contributed by atoms with van der Waals surface area (Å²) in [6.45, 7) is 0. The van der Waals surface area contributed by atoms with Crippen LogP contribution in [0.4, 0.5) is 9.39 Å². The fraction of sp³-hybridized carbons (Fsp3) is 0.400. The summed E-state index contributed by atoms with van der Waals surface area (Å²) in [6, 6.07) is 8.67. The zero-order valence-corrected chi connectivity index (χ0v) is 16.1. The number of thiophene rings is 1. The minimum atomic E-state index is -0.239. The smallest absolute Gasteiger partial charge is 0.225 e. The molecule has 0 radical (unpaired) electrons. The minimum absolute atomic E-state index is 0.0439. The van der Waals surface area contributed by atoms with Crippen molar-refractivity contribution in [2.45, 2.75) is 49.8 Å². The third-order valence-corrected chi connectivity index (χ3v) is 6.72. The van der Waals surface area contributed by atoms with Gasteiger partial charge in [-0.25, -0.2) is 4.39 Å². The molecule has 1 heterocycles. The first-order chi connectivity index (χ1) is 12.7. The average Bonchev–Trinajstić information content (AvgIpc) is 2.79. The van der Waals surface area contributed by atoms with Crippen molar-refractivity contribution in [1.82, 2.24) is 0 Å². The van der Waals surface area contributed by atoms with Crippen molar-refractivity contribution in [3.05, 3.63) is 46.1 Å². The number of nitriles is 1. The molecule has 1 amide bonds. The van der Waals surface area contributed by atoms with Crippen LogP contribution in [0.15, 0.2) is 29.2 Å². The van der Waals surface area contributed by atoms with Crippen molar-refractivity contribution >= 4 is 34.0 Å². The second kappa shape index (κ2) is 9.20. The molecule has 3 nitrogen and oxygen atoms in total. The van der Waals surface area contributed by atoms with Crippen LogP contribution in [-0.4, -0.2) is 11.7 Å². The van der Waals surface area contributed by atoms with Crippen LogP contribution < -0.4 is 5.32 Å². The molecule has 6 heteroatoms. The number of fused-ring (bicyclic) bond motifs is 1. The van der Waals surface area contributed by atoms with Crippen LogP contribution in [0.3, 0.4) is 0 Å². The van der Waals surface area contributed by atoms with E-state index in [-0.39, 0.29) is 11.7 Å². The van der Waals surface area contributed by atoms with Gasteiger partial charge in [-0.2, -0.15) is 5.26 Å². The molecule has 3 rings (SSSR count). The highest BCUT2D eigenvalue weighted by Gasteiger charge is 2.20. The van der Waals surface area contributed by atoms with E-state index < -0.39 is 0 Å². The summed E-state index contributed by atoms with van der Waals surface area (Å²) in [5, 5.41) is 13.2. The molecule has 0 spiro atoms. The Labute approximate surface area is 161 Å². The molecule has 26 heavy (non-hydrogen) atoms. The molecule has 0 atom stereocenters. The van der Waals surface area contributed by atoms with Crippen molar-refractivity contribution in [2.75, 3.05) is 11.1 Å². The van der Waals surface area contributed by atoms with Gasteiger partial charge in [0.2, 0.25) is 5.91 Å². The fourth-order valence-electron chi connectivity index (χ4n) is 3.09. The normalized spacial score (nSPS) is 13.5. The Balaban J connectivity index is 1.50. The first-order valence-corrected chi connectivity index (χ1v) is 10.7. The maximum absolute atomic E-state index is 12.9. The number of halogens is 1. The molecule has 1 aromatic carbocycles. The number of aryl methyl sites for hydroxylation is 1. The van der Waals surface area contributed by atoms with Crippen LogP contribution in [0.5, 0.6) is 0 Å². The predicted octanol–water partition coefficient (Wildman–Crippen LogP) is 5.54. The number of carbonyl (C=O) groups excluding carboxylic acids is 1. The van der Waals surface area contributed by atoms with E-state index in [0.717, 1.165) is 53.3 Å². The highest BCUT2D eigenvalue weighted by Crippen LogP contribution is 2.37. The largest absolute Gasteiger partial charge is 0.317 e. The number of hydrogen-bond acceptors (Lipinski definition) is 4. The maximum Gasteiger partial charge on any atom is 0.225 e. The van der Waals surface area contributed by atoms with Gasteiger partial charge in [0.05, 0.1) is 5.56 Å². The monoisotopic (exact) mass is 388 g/mol. The number of thioether (sulfide) groups is 1. The Hall–Kier alpha value is -1.84. The Morgan fingerprint density at radius 2 is 2.00 bits per heavy atom. The average molecular weight is 389 g/mol. The van der Waals surface area contributed by atoms with Crippen molar-refractivity contribution in [1.29, 1.82) is 5.26 Å². The maximum atomic E-state index is 12.9. The molecule has 1 aliphatic rings. The van der Waals surface area contributed by atoms with E-state index >= 15 is 0 Å². The second-order valence-corrected chi connectivity index (χ2v) is 8.61. The number of carbonyl (C=O) groups is 1. The summed E-state index contributed by atoms with van der Waals surface area (Å²) in [4.78, 5) is 14.5. The first-order valence-electron chi connectivity index (χ1n) is 8.90. The van der Waals surface area contributed by atoms with Gasteiger partial charge in [-0.05, 0) is 67.7 Å². The van der Waals surface area contributed by atoms with Crippen LogP contribution in [0, 0.1) is 17.1 Å². The molecule has 0 saturated heterocycles. The standard InChI is InChI=1S/C20H21FN2OS2/c21-14-8-10-15(11-9-14)25-12-4-7-19(24)23-20-17(13-22)16-5-2-1-3-6-18(16)26-20/h8-11H,1-7,12H2,(H,23,24). The molecule has 0 saturated carbocycles. The summed E-state index contributed by atoms with van der Waals surface area (Å²) in [5.74, 6) is 0.513. The zero-order valence-electron chi connectivity index (χ0n) is 14.5. The Bertz CT molecular complexity index is 808. The van der Waals surface area contributed by atoms with Gasteiger partial charge in [0.1, 0.15) is 16.9 Å². The first kappa shape index (κ1) is 18.9. The molecule has 1 N–H and O–H groups in total. The van der Waals surface area contributed by atoms with Crippen LogP contribution in [0.2, 0.25) is 0 Å². The summed E-state index contributed by atoms with van der Waals surface area (Å²) in [5.41, 5.74) is 1.82. The molecule has 0 bridgehead atoms. The van der Waals surface area contributed by atoms with Crippen LogP contribution >= 0.6 is 23.1 Å². The van der Waals surface area contributed by atoms with Gasteiger partial charge in [0.25, 0.3) is 0 Å². The van der Waals surface area contributed by atoms with E-state index in [1.807, 2.05) is 0 Å². The molecular weight excluding hydrogens is 367 g/mol. The predicted molar refractivity (Wildman–Crippen MR) is 105 cm³/mol. The van der Waals surface area contributed by atoms with Gasteiger partial charge < -0.3 is 5.32 Å². The molecule has 0 fully saturated rings. The summed E-state index contributed by atoms with van der Waals surface area (Å²) in [7, 11) is 0. The molecule has 136 valence electrons. The lowest BCUT2D eigenvalue weighted by atomic mass is 10.1. The second-order valence-electron chi connectivity index (χ2n) is 6.33. The SMILES string of the molecule is N#Cc1c(NC(=O)CCCSc2ccc(F)cc2)sc2c1CCCCC2. The highest BCUT2D eigenvalue weighted by atomic mass is 32.2. The Morgan fingerprint density at radius 1 is 1.23 bits per heavy atom. The van der Waals surface area contributed by atoms with E-state index in [1.165, 1.54) is 23.4 Å². The third-order valence-electron chi connectivity index (χ3n) is 4.42. The Morgan fingerprint density at radius 3 is 2.77 bits per heavy atom. The molecule has 2 aromatic rings. The van der Waals surface area contributed by atoms with Gasteiger partial charge >= 0.3 is 0 Å². The summed E-state index contributed by atoms with van der Waals surface area (Å²) in [6.07, 6.45) is 6.60. The van der Waals surface area contributed by atoms with E-state index in [4.69, 9.17) is 0 Å². The number of amides is 1. The molecular formula is C20H21FN2OS2. The van der Waals surface area contributed by atoms with Gasteiger partial charge in [-0.15, -0.1) is 23.1 Å². The van der Waals surface area contributed by atoms with Crippen molar-refractivity contribution in [3.63, 3.8) is 0 Å². The lowest BCUT2D eigenvalue weighted by Crippen LogP contribution is -2.11. The van der Waals surface area contributed by atoms with Crippen molar-refractivity contribution in [2.24, 2.45) is 0 Å². The lowest BCUT2D eigenvalue weighted by molar-refractivity contribution is -0.116. The van der Waals surface area contributed by atoms with Gasteiger partial charge in [-0.1, -0.05) is 6.42 Å². The van der Waals surface area contributed by atoms with Gasteiger partial charge in [0.15, 0.2) is 0 Å². The van der Waals surface area contributed by atoms with E-state index in [1.54, 1.807) is 35.2 Å². The van der Waals surface area contributed by atoms with Crippen molar-refractivity contribution in [3.8, 4) is 6.07 Å². The highest BCUT2D eigenvalue weighted by molar-refractivity contribution is 7.99. The van der Waals surface area contributed by atoms with Crippen LogP contribution in [0.1, 0.15) is 48.1 Å². The number of nitrogens with zero attached hydrogens (tertiary/aromatic N) is 1. The van der Waals surface area contributed by atoms with Crippen LogP contribution in [-0.2, 0) is 17.6 Å². The lowest BCUT2D eigenvalue weighted by Gasteiger charge is -2.05. The fourth-order valence-corrected chi connectivity index (χ4v) is 5.20. The molecule has 0 unspecified atom stereocenters. The van der Waals surface area contributed by atoms with E-state index in [0.29, 0.717) is 12.0 Å². The number of anilines is 1. The topological polar surface area (TPSA) is 52.9 Å². The molecule has 1 aromatic heterocycles. The molecule has 0 aliphatic heterocycles.